The Morgan fingerprint density at radius 3 is 2.61 bits per heavy atom. The highest BCUT2D eigenvalue weighted by Gasteiger charge is 2.06. The molecule has 0 N–H and O–H groups in total. The van der Waals surface area contributed by atoms with E-state index in [1.165, 1.54) is 10.3 Å². The van der Waals surface area contributed by atoms with Gasteiger partial charge in [-0.05, 0) is 30.2 Å². The molecule has 0 atom stereocenters. The fraction of sp³-hybridized carbons (Fsp3) is 0.133. The zero-order valence-electron chi connectivity index (χ0n) is 9.98. The lowest BCUT2D eigenvalue weighted by Gasteiger charge is -1.97. The van der Waals surface area contributed by atoms with Crippen LogP contribution in [0.4, 0.5) is 0 Å². The van der Waals surface area contributed by atoms with Gasteiger partial charge in [-0.1, -0.05) is 30.3 Å². The van der Waals surface area contributed by atoms with E-state index in [0.717, 1.165) is 21.7 Å². The number of nitrogens with zero attached hydrogens (tertiary/aromatic N) is 1. The number of thiazole rings is 1. The summed E-state index contributed by atoms with van der Waals surface area (Å²) < 4.78 is 1.24. The van der Waals surface area contributed by atoms with Gasteiger partial charge in [0.2, 0.25) is 0 Å². The van der Waals surface area contributed by atoms with Crippen molar-refractivity contribution in [1.82, 2.24) is 4.98 Å². The molecule has 18 heavy (non-hydrogen) atoms. The molecule has 0 aliphatic carbocycles. The molecule has 1 aromatic heterocycles. The van der Waals surface area contributed by atoms with Gasteiger partial charge in [0.1, 0.15) is 5.01 Å². The minimum Gasteiger partial charge on any atom is -0.236 e. The summed E-state index contributed by atoms with van der Waals surface area (Å²) in [6.07, 6.45) is 0. The van der Waals surface area contributed by atoms with Crippen molar-refractivity contribution in [2.45, 2.75) is 12.8 Å². The Kier molecular flexibility index (Phi) is 3.06. The molecule has 2 aromatic carbocycles. The summed E-state index contributed by atoms with van der Waals surface area (Å²) in [4.78, 5) is 4.67. The highest BCUT2D eigenvalue weighted by Crippen LogP contribution is 2.30. The second-order valence-electron chi connectivity index (χ2n) is 4.32. The fourth-order valence-electron chi connectivity index (χ4n) is 1.89. The van der Waals surface area contributed by atoms with Gasteiger partial charge in [0.05, 0.1) is 10.2 Å². The molecule has 0 unspecified atom stereocenters. The van der Waals surface area contributed by atoms with Crippen LogP contribution in [0.1, 0.15) is 11.1 Å². The molecular formula is C15H12ClNS. The van der Waals surface area contributed by atoms with Crippen molar-refractivity contribution < 1.29 is 0 Å². The number of hydrogen-bond donors (Lipinski definition) is 0. The minimum atomic E-state index is 0.555. The first-order valence-electron chi connectivity index (χ1n) is 5.79. The van der Waals surface area contributed by atoms with Crippen LogP contribution in [-0.2, 0) is 5.88 Å². The second kappa shape index (κ2) is 4.71. The Balaban J connectivity index is 2.07. The van der Waals surface area contributed by atoms with Gasteiger partial charge in [-0.2, -0.15) is 0 Å². The van der Waals surface area contributed by atoms with E-state index in [1.54, 1.807) is 11.3 Å². The standard InChI is InChI=1S/C15H12ClNS/c1-10-2-7-13-14(8-10)18-15(17-13)12-5-3-11(9-16)4-6-12/h2-8H,9H2,1H3. The first-order valence-corrected chi connectivity index (χ1v) is 7.14. The van der Waals surface area contributed by atoms with Crippen LogP contribution in [0, 0.1) is 6.92 Å². The lowest BCUT2D eigenvalue weighted by Crippen LogP contribution is -1.79. The molecule has 0 fully saturated rings. The molecule has 90 valence electrons. The van der Waals surface area contributed by atoms with Crippen LogP contribution in [0.3, 0.4) is 0 Å². The monoisotopic (exact) mass is 273 g/mol. The number of halogens is 1. The van der Waals surface area contributed by atoms with Crippen molar-refractivity contribution in [3.05, 3.63) is 53.6 Å². The van der Waals surface area contributed by atoms with Gasteiger partial charge in [0, 0.05) is 11.4 Å². The largest absolute Gasteiger partial charge is 0.236 e. The second-order valence-corrected chi connectivity index (χ2v) is 5.62. The van der Waals surface area contributed by atoms with Crippen LogP contribution in [0.2, 0.25) is 0 Å². The summed E-state index contributed by atoms with van der Waals surface area (Å²) in [6, 6.07) is 14.6. The summed E-state index contributed by atoms with van der Waals surface area (Å²) in [7, 11) is 0. The number of aromatic nitrogens is 1. The summed E-state index contributed by atoms with van der Waals surface area (Å²) in [5.74, 6) is 0.555. The zero-order valence-corrected chi connectivity index (χ0v) is 11.6. The molecule has 0 saturated heterocycles. The third-order valence-electron chi connectivity index (χ3n) is 2.90. The van der Waals surface area contributed by atoms with Crippen molar-refractivity contribution in [3.63, 3.8) is 0 Å². The lowest BCUT2D eigenvalue weighted by atomic mass is 10.2. The maximum atomic E-state index is 5.79. The van der Waals surface area contributed by atoms with Gasteiger partial charge in [-0.3, -0.25) is 0 Å². The maximum Gasteiger partial charge on any atom is 0.124 e. The summed E-state index contributed by atoms with van der Waals surface area (Å²) in [5, 5.41) is 1.07. The van der Waals surface area contributed by atoms with Gasteiger partial charge in [-0.25, -0.2) is 4.98 Å². The van der Waals surface area contributed by atoms with Crippen LogP contribution < -0.4 is 0 Å². The smallest absolute Gasteiger partial charge is 0.124 e. The molecule has 0 amide bonds. The number of alkyl halides is 1. The topological polar surface area (TPSA) is 12.9 Å². The average Bonchev–Trinajstić information content (AvgIpc) is 2.81. The van der Waals surface area contributed by atoms with E-state index in [0.29, 0.717) is 5.88 Å². The third-order valence-corrected chi connectivity index (χ3v) is 4.27. The van der Waals surface area contributed by atoms with Gasteiger partial charge >= 0.3 is 0 Å². The molecule has 0 spiro atoms. The Bertz CT molecular complexity index is 685. The molecule has 0 bridgehead atoms. The van der Waals surface area contributed by atoms with Crippen molar-refractivity contribution in [1.29, 1.82) is 0 Å². The molecule has 0 radical (unpaired) electrons. The van der Waals surface area contributed by atoms with Crippen molar-refractivity contribution in [2.75, 3.05) is 0 Å². The Labute approximate surface area is 115 Å². The maximum absolute atomic E-state index is 5.79. The SMILES string of the molecule is Cc1ccc2nc(-c3ccc(CCl)cc3)sc2c1. The minimum absolute atomic E-state index is 0.555. The van der Waals surface area contributed by atoms with Crippen molar-refractivity contribution >= 4 is 33.2 Å². The first kappa shape index (κ1) is 11.7. The highest BCUT2D eigenvalue weighted by atomic mass is 35.5. The predicted octanol–water partition coefficient (Wildman–Crippen LogP) is 5.01. The first-order chi connectivity index (χ1) is 8.76. The van der Waals surface area contributed by atoms with Crippen LogP contribution in [0.25, 0.3) is 20.8 Å². The van der Waals surface area contributed by atoms with E-state index in [4.69, 9.17) is 11.6 Å². The van der Waals surface area contributed by atoms with Gasteiger partial charge in [0.15, 0.2) is 0 Å². The molecule has 3 aromatic rings. The van der Waals surface area contributed by atoms with E-state index in [-0.39, 0.29) is 0 Å². The molecular weight excluding hydrogens is 262 g/mol. The number of rotatable bonds is 2. The normalized spacial score (nSPS) is 11.0. The molecule has 0 aliphatic heterocycles. The summed E-state index contributed by atoms with van der Waals surface area (Å²) >= 11 is 7.53. The van der Waals surface area contributed by atoms with Gasteiger partial charge < -0.3 is 0 Å². The average molecular weight is 274 g/mol. The molecule has 3 heteroatoms. The molecule has 0 aliphatic rings. The predicted molar refractivity (Wildman–Crippen MR) is 79.4 cm³/mol. The molecule has 1 heterocycles. The van der Waals surface area contributed by atoms with Crippen LogP contribution >= 0.6 is 22.9 Å². The quantitative estimate of drug-likeness (QED) is 0.598. The zero-order chi connectivity index (χ0) is 12.5. The third kappa shape index (κ3) is 2.14. The molecule has 3 rings (SSSR count). The van der Waals surface area contributed by atoms with Crippen LogP contribution in [0.5, 0.6) is 0 Å². The number of hydrogen-bond acceptors (Lipinski definition) is 2. The van der Waals surface area contributed by atoms with Gasteiger partial charge in [-0.15, -0.1) is 22.9 Å². The van der Waals surface area contributed by atoms with E-state index < -0.39 is 0 Å². The fourth-order valence-corrected chi connectivity index (χ4v) is 3.14. The van der Waals surface area contributed by atoms with Gasteiger partial charge in [0.25, 0.3) is 0 Å². The van der Waals surface area contributed by atoms with Crippen LogP contribution in [-0.4, -0.2) is 4.98 Å². The lowest BCUT2D eigenvalue weighted by molar-refractivity contribution is 1.39. The summed E-state index contributed by atoms with van der Waals surface area (Å²) in [6.45, 7) is 2.11. The van der Waals surface area contributed by atoms with Crippen molar-refractivity contribution in [2.24, 2.45) is 0 Å². The number of aryl methyl sites for hydroxylation is 1. The Hall–Kier alpha value is -1.38. The Morgan fingerprint density at radius 1 is 1.11 bits per heavy atom. The molecule has 1 nitrogen and oxygen atoms in total. The van der Waals surface area contributed by atoms with E-state index in [1.807, 2.05) is 0 Å². The van der Waals surface area contributed by atoms with E-state index in [9.17, 15) is 0 Å². The van der Waals surface area contributed by atoms with E-state index in [2.05, 4.69) is 54.4 Å². The highest BCUT2D eigenvalue weighted by molar-refractivity contribution is 7.21. The number of fused-ring (bicyclic) bond motifs is 1. The van der Waals surface area contributed by atoms with Crippen molar-refractivity contribution in [3.8, 4) is 10.6 Å². The number of benzene rings is 2. The molecule has 0 saturated carbocycles. The van der Waals surface area contributed by atoms with E-state index >= 15 is 0 Å². The summed E-state index contributed by atoms with van der Waals surface area (Å²) in [5.41, 5.74) is 4.64. The van der Waals surface area contributed by atoms with Crippen LogP contribution in [0.15, 0.2) is 42.5 Å². The Morgan fingerprint density at radius 2 is 1.89 bits per heavy atom.